The van der Waals surface area contributed by atoms with Gasteiger partial charge in [-0.3, -0.25) is 0 Å². The highest BCUT2D eigenvalue weighted by Gasteiger charge is 2.12. The van der Waals surface area contributed by atoms with Crippen molar-refractivity contribution < 1.29 is 9.53 Å². The number of rotatable bonds is 34. The summed E-state index contributed by atoms with van der Waals surface area (Å²) in [6.45, 7) is 9.50. The van der Waals surface area contributed by atoms with Gasteiger partial charge in [0.25, 0.3) is 0 Å². The number of hydrogen-bond acceptors (Lipinski definition) is 2. The number of esters is 1. The van der Waals surface area contributed by atoms with E-state index in [9.17, 15) is 4.79 Å². The van der Waals surface area contributed by atoms with E-state index in [1.807, 2.05) is 6.92 Å². The van der Waals surface area contributed by atoms with Crippen LogP contribution in [0.15, 0.2) is 11.1 Å². The molecule has 0 aliphatic carbocycles. The van der Waals surface area contributed by atoms with Crippen LogP contribution in [0.3, 0.4) is 0 Å². The average molecular weight is 591 g/mol. The lowest BCUT2D eigenvalue weighted by Gasteiger charge is -2.13. The van der Waals surface area contributed by atoms with Crippen LogP contribution in [0, 0.1) is 0 Å². The normalized spacial score (nSPS) is 11.2. The molecule has 42 heavy (non-hydrogen) atoms. The third kappa shape index (κ3) is 29.3. The molecule has 0 aliphatic rings. The monoisotopic (exact) mass is 591 g/mol. The molecule has 0 radical (unpaired) electrons. The topological polar surface area (TPSA) is 26.3 Å². The van der Waals surface area contributed by atoms with Crippen molar-refractivity contribution in [2.75, 3.05) is 6.61 Å². The summed E-state index contributed by atoms with van der Waals surface area (Å²) in [4.78, 5) is 12.9. The van der Waals surface area contributed by atoms with Crippen LogP contribution in [0.25, 0.3) is 0 Å². The molecule has 2 heteroatoms. The van der Waals surface area contributed by atoms with E-state index in [1.165, 1.54) is 192 Å². The number of allylic oxidation sites excluding steroid dienone is 1. The first-order chi connectivity index (χ1) is 20.7. The van der Waals surface area contributed by atoms with E-state index >= 15 is 0 Å². The smallest absolute Gasteiger partial charge is 0.333 e. The Balaban J connectivity index is 4.32. The van der Waals surface area contributed by atoms with Crippen molar-refractivity contribution in [2.24, 2.45) is 0 Å². The van der Waals surface area contributed by atoms with Crippen molar-refractivity contribution in [2.45, 2.75) is 233 Å². The van der Waals surface area contributed by atoms with Crippen molar-refractivity contribution in [3.63, 3.8) is 0 Å². The number of carbonyl (C=O) groups excluding carboxylic acids is 1. The van der Waals surface area contributed by atoms with Gasteiger partial charge in [0.2, 0.25) is 0 Å². The van der Waals surface area contributed by atoms with E-state index in [4.69, 9.17) is 4.74 Å². The molecule has 0 N–H and O–H groups in total. The Kier molecular flexibility index (Phi) is 34.0. The number of unbranched alkanes of at least 4 members (excludes halogenated alkanes) is 27. The van der Waals surface area contributed by atoms with Crippen LogP contribution in [0.4, 0.5) is 0 Å². The largest absolute Gasteiger partial charge is 0.462 e. The zero-order valence-corrected chi connectivity index (χ0v) is 29.7. The van der Waals surface area contributed by atoms with Gasteiger partial charge in [0, 0.05) is 5.57 Å². The number of carbonyl (C=O) groups is 1. The maximum atomic E-state index is 12.9. The standard InChI is InChI=1S/C40H78O2/c1-5-8-11-14-17-20-23-26-29-32-35-39(36-33-30-27-24-21-18-15-12-9-6-2)38(4)40(41)42-37-34-31-28-25-22-19-16-13-10-7-3/h5-37H2,1-4H3. The van der Waals surface area contributed by atoms with E-state index < -0.39 is 0 Å². The van der Waals surface area contributed by atoms with Crippen molar-refractivity contribution in [1.29, 1.82) is 0 Å². The van der Waals surface area contributed by atoms with Crippen molar-refractivity contribution >= 4 is 5.97 Å². The summed E-state index contributed by atoms with van der Waals surface area (Å²) in [7, 11) is 0. The highest BCUT2D eigenvalue weighted by Crippen LogP contribution is 2.23. The van der Waals surface area contributed by atoms with Crippen LogP contribution in [-0.2, 0) is 9.53 Å². The summed E-state index contributed by atoms with van der Waals surface area (Å²) in [5.74, 6) is -0.0416. The van der Waals surface area contributed by atoms with Crippen LogP contribution < -0.4 is 0 Å². The summed E-state index contributed by atoms with van der Waals surface area (Å²) in [5, 5.41) is 0. The number of hydrogen-bond donors (Lipinski definition) is 0. The molecule has 0 aromatic rings. The van der Waals surface area contributed by atoms with E-state index in [0.717, 1.165) is 24.8 Å². The fourth-order valence-corrected chi connectivity index (χ4v) is 6.16. The summed E-state index contributed by atoms with van der Waals surface area (Å²) in [5.41, 5.74) is 2.32. The van der Waals surface area contributed by atoms with Crippen molar-refractivity contribution in [3.8, 4) is 0 Å². The third-order valence-electron chi connectivity index (χ3n) is 9.23. The molecule has 0 heterocycles. The Morgan fingerprint density at radius 2 is 0.643 bits per heavy atom. The second-order valence-electron chi connectivity index (χ2n) is 13.4. The quantitative estimate of drug-likeness (QED) is 0.0423. The van der Waals surface area contributed by atoms with Gasteiger partial charge >= 0.3 is 5.97 Å². The van der Waals surface area contributed by atoms with E-state index in [1.54, 1.807) is 0 Å². The zero-order valence-electron chi connectivity index (χ0n) is 29.7. The van der Waals surface area contributed by atoms with E-state index in [2.05, 4.69) is 20.8 Å². The zero-order chi connectivity index (χ0) is 30.8. The van der Waals surface area contributed by atoms with Gasteiger partial charge in [-0.05, 0) is 39.0 Å². The molecule has 0 aliphatic heterocycles. The molecule has 0 spiro atoms. The first-order valence-electron chi connectivity index (χ1n) is 19.5. The highest BCUT2D eigenvalue weighted by atomic mass is 16.5. The predicted molar refractivity (Wildman–Crippen MR) is 188 cm³/mol. The van der Waals surface area contributed by atoms with Crippen LogP contribution in [0.5, 0.6) is 0 Å². The lowest BCUT2D eigenvalue weighted by Crippen LogP contribution is -2.10. The second kappa shape index (κ2) is 34.7. The maximum Gasteiger partial charge on any atom is 0.333 e. The molecule has 0 saturated carbocycles. The highest BCUT2D eigenvalue weighted by molar-refractivity contribution is 5.88. The first kappa shape index (κ1) is 41.2. The van der Waals surface area contributed by atoms with Gasteiger partial charge in [-0.2, -0.15) is 0 Å². The molecule has 0 amide bonds. The Hall–Kier alpha value is -0.790. The number of ether oxygens (including phenoxy) is 1. The van der Waals surface area contributed by atoms with Crippen LogP contribution in [0.1, 0.15) is 233 Å². The lowest BCUT2D eigenvalue weighted by atomic mass is 9.95. The molecule has 0 saturated heterocycles. The Labute approximate surface area is 266 Å². The predicted octanol–water partition coefficient (Wildman–Crippen LogP) is 14.4. The van der Waals surface area contributed by atoms with Gasteiger partial charge in [0.15, 0.2) is 0 Å². The minimum atomic E-state index is -0.0416. The summed E-state index contributed by atoms with van der Waals surface area (Å²) in [6.07, 6.45) is 42.5. The Bertz CT molecular complexity index is 552. The van der Waals surface area contributed by atoms with Gasteiger partial charge < -0.3 is 4.74 Å². The minimum Gasteiger partial charge on any atom is -0.462 e. The maximum absolute atomic E-state index is 12.9. The summed E-state index contributed by atoms with van der Waals surface area (Å²) in [6, 6.07) is 0. The van der Waals surface area contributed by atoms with Crippen LogP contribution in [-0.4, -0.2) is 12.6 Å². The fourth-order valence-electron chi connectivity index (χ4n) is 6.16. The van der Waals surface area contributed by atoms with Gasteiger partial charge in [-0.1, -0.05) is 200 Å². The molecule has 0 bridgehead atoms. The van der Waals surface area contributed by atoms with Crippen LogP contribution >= 0.6 is 0 Å². The molecule has 0 unspecified atom stereocenters. The molecule has 0 rings (SSSR count). The molecular formula is C40H78O2. The van der Waals surface area contributed by atoms with Gasteiger partial charge in [0.05, 0.1) is 6.61 Å². The summed E-state index contributed by atoms with van der Waals surface area (Å²) < 4.78 is 5.76. The Morgan fingerprint density at radius 3 is 0.952 bits per heavy atom. The first-order valence-corrected chi connectivity index (χ1v) is 19.5. The molecule has 0 atom stereocenters. The molecular weight excluding hydrogens is 512 g/mol. The van der Waals surface area contributed by atoms with Gasteiger partial charge in [-0.15, -0.1) is 0 Å². The lowest BCUT2D eigenvalue weighted by molar-refractivity contribution is -0.139. The minimum absolute atomic E-state index is 0.0416. The summed E-state index contributed by atoms with van der Waals surface area (Å²) >= 11 is 0. The second-order valence-corrected chi connectivity index (χ2v) is 13.4. The van der Waals surface area contributed by atoms with Gasteiger partial charge in [0.1, 0.15) is 0 Å². The molecule has 250 valence electrons. The third-order valence-corrected chi connectivity index (χ3v) is 9.23. The average Bonchev–Trinajstić information content (AvgIpc) is 3.00. The molecule has 0 aromatic carbocycles. The van der Waals surface area contributed by atoms with Crippen LogP contribution in [0.2, 0.25) is 0 Å². The molecule has 2 nitrogen and oxygen atoms in total. The molecule has 0 aromatic heterocycles. The molecule has 0 fully saturated rings. The van der Waals surface area contributed by atoms with Crippen molar-refractivity contribution in [1.82, 2.24) is 0 Å². The van der Waals surface area contributed by atoms with Gasteiger partial charge in [-0.25, -0.2) is 4.79 Å². The SMILES string of the molecule is CCCCCCCCCCCCOC(=O)C(C)=C(CCCCCCCCCCCC)CCCCCCCCCCCC. The van der Waals surface area contributed by atoms with E-state index in [-0.39, 0.29) is 5.97 Å². The fraction of sp³-hybridized carbons (Fsp3) is 0.925. The Morgan fingerprint density at radius 1 is 0.381 bits per heavy atom. The van der Waals surface area contributed by atoms with E-state index in [0.29, 0.717) is 6.61 Å². The van der Waals surface area contributed by atoms with Crippen molar-refractivity contribution in [3.05, 3.63) is 11.1 Å².